The normalized spacial score (nSPS) is 12.0. The second-order valence-corrected chi connectivity index (χ2v) is 5.33. The quantitative estimate of drug-likeness (QED) is 0.724. The van der Waals surface area contributed by atoms with Crippen LogP contribution in [-0.4, -0.2) is 30.3 Å². The number of ether oxygens (including phenoxy) is 1. The summed E-state index contributed by atoms with van der Waals surface area (Å²) in [4.78, 5) is 11.5. The molecule has 1 unspecified atom stereocenters. The van der Waals surface area contributed by atoms with E-state index in [0.29, 0.717) is 28.8 Å². The molecule has 0 bridgehead atoms. The number of aliphatic hydroxyl groups is 1. The summed E-state index contributed by atoms with van der Waals surface area (Å²) in [6, 6.07) is 4.97. The first-order chi connectivity index (χ1) is 9.49. The van der Waals surface area contributed by atoms with Gasteiger partial charge in [-0.3, -0.25) is 4.79 Å². The minimum absolute atomic E-state index is 0.0735. The first kappa shape index (κ1) is 17.1. The number of amides is 1. The van der Waals surface area contributed by atoms with E-state index in [4.69, 9.17) is 33.0 Å². The highest BCUT2D eigenvalue weighted by Gasteiger charge is 2.04. The fraction of sp³-hybridized carbons (Fsp3) is 0.500. The summed E-state index contributed by atoms with van der Waals surface area (Å²) in [5.41, 5.74) is 0. The van der Waals surface area contributed by atoms with Crippen molar-refractivity contribution in [2.24, 2.45) is 0 Å². The predicted molar refractivity (Wildman–Crippen MR) is 80.5 cm³/mol. The molecule has 2 N–H and O–H groups in total. The van der Waals surface area contributed by atoms with E-state index >= 15 is 0 Å². The van der Waals surface area contributed by atoms with Crippen molar-refractivity contribution in [3.05, 3.63) is 28.2 Å². The zero-order valence-corrected chi connectivity index (χ0v) is 12.9. The molecule has 0 radical (unpaired) electrons. The monoisotopic (exact) mass is 319 g/mol. The maximum atomic E-state index is 11.5. The van der Waals surface area contributed by atoms with Gasteiger partial charge >= 0.3 is 0 Å². The average molecular weight is 320 g/mol. The van der Waals surface area contributed by atoms with Crippen LogP contribution in [0.3, 0.4) is 0 Å². The zero-order valence-electron chi connectivity index (χ0n) is 11.4. The molecule has 1 amide bonds. The Labute approximate surface area is 129 Å². The standard InChI is InChI=1S/C14H19Cl2NO3/c1-10(18)3-2-7-17-14(19)6-8-20-11-4-5-12(15)13(16)9-11/h4-5,9-10,18H,2-3,6-8H2,1H3,(H,17,19). The van der Waals surface area contributed by atoms with E-state index in [0.717, 1.165) is 6.42 Å². The number of aliphatic hydroxyl groups excluding tert-OH is 1. The lowest BCUT2D eigenvalue weighted by Gasteiger charge is -2.08. The predicted octanol–water partition coefficient (Wildman–Crippen LogP) is 3.04. The number of benzene rings is 1. The lowest BCUT2D eigenvalue weighted by molar-refractivity contribution is -0.121. The molecule has 20 heavy (non-hydrogen) atoms. The molecule has 4 nitrogen and oxygen atoms in total. The van der Waals surface area contributed by atoms with Gasteiger partial charge in [0.2, 0.25) is 5.91 Å². The highest BCUT2D eigenvalue weighted by Crippen LogP contribution is 2.26. The fourth-order valence-electron chi connectivity index (χ4n) is 1.54. The summed E-state index contributed by atoms with van der Waals surface area (Å²) in [7, 11) is 0. The van der Waals surface area contributed by atoms with Crippen molar-refractivity contribution in [2.45, 2.75) is 32.3 Å². The summed E-state index contributed by atoms with van der Waals surface area (Å²) >= 11 is 11.6. The zero-order chi connectivity index (χ0) is 15.0. The number of hydrogen-bond donors (Lipinski definition) is 2. The number of halogens is 2. The molecule has 1 rings (SSSR count). The molecule has 0 aliphatic carbocycles. The van der Waals surface area contributed by atoms with Gasteiger partial charge in [-0.25, -0.2) is 0 Å². The number of carbonyl (C=O) groups excluding carboxylic acids is 1. The van der Waals surface area contributed by atoms with Gasteiger partial charge in [0.05, 0.1) is 29.2 Å². The molecule has 112 valence electrons. The second-order valence-electron chi connectivity index (χ2n) is 4.52. The Morgan fingerprint density at radius 3 is 2.80 bits per heavy atom. The third-order valence-corrected chi connectivity index (χ3v) is 3.35. The van der Waals surface area contributed by atoms with Crippen LogP contribution in [0.5, 0.6) is 5.75 Å². The maximum Gasteiger partial charge on any atom is 0.223 e. The molecular formula is C14H19Cl2NO3. The van der Waals surface area contributed by atoms with E-state index in [9.17, 15) is 4.79 Å². The van der Waals surface area contributed by atoms with Gasteiger partial charge < -0.3 is 15.2 Å². The van der Waals surface area contributed by atoms with Crippen molar-refractivity contribution < 1.29 is 14.6 Å². The summed E-state index contributed by atoms with van der Waals surface area (Å²) in [6.45, 7) is 2.57. The summed E-state index contributed by atoms with van der Waals surface area (Å²) in [5.74, 6) is 0.511. The number of rotatable bonds is 8. The van der Waals surface area contributed by atoms with Crippen LogP contribution in [0, 0.1) is 0 Å². The van der Waals surface area contributed by atoms with E-state index in [-0.39, 0.29) is 25.0 Å². The molecule has 0 saturated heterocycles. The van der Waals surface area contributed by atoms with Crippen LogP contribution in [0.1, 0.15) is 26.2 Å². The summed E-state index contributed by atoms with van der Waals surface area (Å²) in [5, 5.41) is 12.7. The van der Waals surface area contributed by atoms with E-state index in [2.05, 4.69) is 5.32 Å². The summed E-state index contributed by atoms with van der Waals surface area (Å²) in [6.07, 6.45) is 1.39. The van der Waals surface area contributed by atoms with Crippen LogP contribution < -0.4 is 10.1 Å². The molecule has 1 atom stereocenters. The first-order valence-corrected chi connectivity index (χ1v) is 7.27. The minimum atomic E-state index is -0.329. The van der Waals surface area contributed by atoms with E-state index in [1.807, 2.05) is 0 Å². The van der Waals surface area contributed by atoms with Crippen LogP contribution >= 0.6 is 23.2 Å². The largest absolute Gasteiger partial charge is 0.493 e. The van der Waals surface area contributed by atoms with Gasteiger partial charge in [0, 0.05) is 12.6 Å². The van der Waals surface area contributed by atoms with E-state index < -0.39 is 0 Å². The third-order valence-electron chi connectivity index (χ3n) is 2.61. The topological polar surface area (TPSA) is 58.6 Å². The molecule has 1 aromatic carbocycles. The van der Waals surface area contributed by atoms with Gasteiger partial charge in [0.15, 0.2) is 0 Å². The van der Waals surface area contributed by atoms with Crippen molar-refractivity contribution >= 4 is 29.1 Å². The van der Waals surface area contributed by atoms with Crippen molar-refractivity contribution in [3.8, 4) is 5.75 Å². The molecule has 0 aliphatic heterocycles. The molecule has 0 heterocycles. The Morgan fingerprint density at radius 2 is 2.15 bits per heavy atom. The maximum absolute atomic E-state index is 11.5. The Morgan fingerprint density at radius 1 is 1.40 bits per heavy atom. The van der Waals surface area contributed by atoms with E-state index in [1.165, 1.54) is 0 Å². The van der Waals surface area contributed by atoms with Crippen LogP contribution in [0.4, 0.5) is 0 Å². The Kier molecular flexibility index (Phi) is 7.73. The molecule has 0 aromatic heterocycles. The van der Waals surface area contributed by atoms with Crippen molar-refractivity contribution in [1.29, 1.82) is 0 Å². The van der Waals surface area contributed by atoms with Crippen LogP contribution in [-0.2, 0) is 4.79 Å². The van der Waals surface area contributed by atoms with Crippen molar-refractivity contribution in [3.63, 3.8) is 0 Å². The van der Waals surface area contributed by atoms with Crippen molar-refractivity contribution in [1.82, 2.24) is 5.32 Å². The van der Waals surface area contributed by atoms with Gasteiger partial charge in [-0.2, -0.15) is 0 Å². The minimum Gasteiger partial charge on any atom is -0.493 e. The Bertz CT molecular complexity index is 438. The molecule has 0 saturated carbocycles. The van der Waals surface area contributed by atoms with Crippen LogP contribution in [0.25, 0.3) is 0 Å². The SMILES string of the molecule is CC(O)CCCNC(=O)CCOc1ccc(Cl)c(Cl)c1. The smallest absolute Gasteiger partial charge is 0.223 e. The number of hydrogen-bond acceptors (Lipinski definition) is 3. The van der Waals surface area contributed by atoms with E-state index in [1.54, 1.807) is 25.1 Å². The summed E-state index contributed by atoms with van der Waals surface area (Å²) < 4.78 is 5.41. The molecular weight excluding hydrogens is 301 g/mol. The van der Waals surface area contributed by atoms with Gasteiger partial charge in [-0.15, -0.1) is 0 Å². The molecule has 1 aromatic rings. The van der Waals surface area contributed by atoms with Crippen LogP contribution in [0.15, 0.2) is 18.2 Å². The lowest BCUT2D eigenvalue weighted by Crippen LogP contribution is -2.26. The lowest BCUT2D eigenvalue weighted by atomic mass is 10.2. The van der Waals surface area contributed by atoms with Gasteiger partial charge in [-0.1, -0.05) is 23.2 Å². The third kappa shape index (κ3) is 6.98. The second kappa shape index (κ2) is 9.06. The van der Waals surface area contributed by atoms with Gasteiger partial charge in [-0.05, 0) is 31.9 Å². The average Bonchev–Trinajstić information content (AvgIpc) is 2.39. The number of nitrogens with one attached hydrogen (secondary N) is 1. The Balaban J connectivity index is 2.16. The first-order valence-electron chi connectivity index (χ1n) is 6.51. The van der Waals surface area contributed by atoms with Gasteiger partial charge in [0.1, 0.15) is 5.75 Å². The highest BCUT2D eigenvalue weighted by molar-refractivity contribution is 6.42. The molecule has 0 fully saturated rings. The fourth-order valence-corrected chi connectivity index (χ4v) is 1.83. The van der Waals surface area contributed by atoms with Crippen LogP contribution in [0.2, 0.25) is 10.0 Å². The molecule has 0 aliphatic rings. The molecule has 6 heteroatoms. The molecule has 0 spiro atoms. The van der Waals surface area contributed by atoms with Gasteiger partial charge in [0.25, 0.3) is 0 Å². The Hall–Kier alpha value is -0.970. The van der Waals surface area contributed by atoms with Crippen molar-refractivity contribution in [2.75, 3.05) is 13.2 Å². The number of carbonyl (C=O) groups is 1. The highest BCUT2D eigenvalue weighted by atomic mass is 35.5.